The van der Waals surface area contributed by atoms with Gasteiger partial charge in [-0.1, -0.05) is 73.7 Å². The van der Waals surface area contributed by atoms with Gasteiger partial charge in [-0.2, -0.15) is 0 Å². The average Bonchev–Trinajstić information content (AvgIpc) is 3.73. The number of allylic oxidation sites excluding steroid dienone is 4. The minimum absolute atomic E-state index is 0.0486. The van der Waals surface area contributed by atoms with Crippen LogP contribution in [0.2, 0.25) is 0 Å². The first kappa shape index (κ1) is 47.6. The van der Waals surface area contributed by atoms with Gasteiger partial charge < -0.3 is 19.9 Å². The van der Waals surface area contributed by atoms with E-state index >= 15 is 0 Å². The van der Waals surface area contributed by atoms with Crippen LogP contribution in [0.25, 0.3) is 22.3 Å². The van der Waals surface area contributed by atoms with E-state index in [0.717, 1.165) is 50.1 Å². The van der Waals surface area contributed by atoms with Crippen molar-refractivity contribution in [2.24, 2.45) is 32.1 Å². The number of carbonyl (C=O) groups is 2. The first-order chi connectivity index (χ1) is 31.9. The molecule has 0 aliphatic heterocycles. The van der Waals surface area contributed by atoms with Crippen molar-refractivity contribution in [3.05, 3.63) is 155 Å². The molecule has 0 saturated heterocycles. The Morgan fingerprint density at radius 2 is 1.51 bits per heavy atom. The number of imidazole rings is 1. The lowest BCUT2D eigenvalue weighted by Crippen LogP contribution is -2.46. The van der Waals surface area contributed by atoms with Crippen LogP contribution in [-0.2, 0) is 43.8 Å². The lowest BCUT2D eigenvalue weighted by molar-refractivity contribution is -0.123. The molecular weight excluding hydrogens is 851 g/mol. The average molecular weight is 910 g/mol. The van der Waals surface area contributed by atoms with Gasteiger partial charge in [-0.05, 0) is 99.3 Å². The number of aryl methyl sites for hydroxylation is 2. The highest BCUT2D eigenvalue weighted by Crippen LogP contribution is 2.33. The SMILES string of the molecule is CCC(C=Nc1c(C)c(=O)n(Cc2ccc(C)c(C3=CCC(C)(NC(=O)Cn4cnc5c4c(=O)n(C)c(=O)n5C)C=C3)c2)c(=O)n1C)CCC(=O)NC1(C)C=CC(c2ccccc2OC)=CC1. The van der Waals surface area contributed by atoms with Gasteiger partial charge >= 0.3 is 11.4 Å². The molecule has 3 atom stereocenters. The molecule has 2 N–H and O–H groups in total. The Morgan fingerprint density at radius 3 is 2.15 bits per heavy atom. The summed E-state index contributed by atoms with van der Waals surface area (Å²) in [4.78, 5) is 88.2. The van der Waals surface area contributed by atoms with E-state index in [1.807, 2.05) is 101 Å². The topological polar surface area (TPSA) is 186 Å². The quantitative estimate of drug-likeness (QED) is 0.132. The molecule has 0 spiro atoms. The molecule has 16 heteroatoms. The number of nitrogens with one attached hydrogen (secondary N) is 2. The van der Waals surface area contributed by atoms with E-state index in [0.29, 0.717) is 24.8 Å². The fourth-order valence-corrected chi connectivity index (χ4v) is 8.71. The van der Waals surface area contributed by atoms with Gasteiger partial charge in [0.15, 0.2) is 11.2 Å². The van der Waals surface area contributed by atoms with Crippen molar-refractivity contribution in [1.29, 1.82) is 0 Å². The summed E-state index contributed by atoms with van der Waals surface area (Å²) in [5, 5.41) is 6.25. The first-order valence-electron chi connectivity index (χ1n) is 22.5. The zero-order valence-corrected chi connectivity index (χ0v) is 39.7. The zero-order valence-electron chi connectivity index (χ0n) is 39.7. The van der Waals surface area contributed by atoms with Crippen LogP contribution < -0.4 is 37.9 Å². The summed E-state index contributed by atoms with van der Waals surface area (Å²) in [5.74, 6) is 0.612. The number of aliphatic imine (C=N–C) groups is 1. The number of amides is 2. The number of hydrogen-bond donors (Lipinski definition) is 2. The summed E-state index contributed by atoms with van der Waals surface area (Å²) in [6.07, 6.45) is 17.8. The Labute approximate surface area is 388 Å². The van der Waals surface area contributed by atoms with Crippen LogP contribution >= 0.6 is 0 Å². The Hall–Kier alpha value is -7.36. The molecule has 3 aromatic heterocycles. The van der Waals surface area contributed by atoms with Gasteiger partial charge in [0, 0.05) is 39.3 Å². The van der Waals surface area contributed by atoms with Crippen LogP contribution in [0.3, 0.4) is 0 Å². The molecule has 0 radical (unpaired) electrons. The maximum absolute atomic E-state index is 13.8. The number of fused-ring (bicyclic) bond motifs is 1. The number of benzene rings is 2. The summed E-state index contributed by atoms with van der Waals surface area (Å²) in [6.45, 7) is 9.46. The Morgan fingerprint density at radius 1 is 0.851 bits per heavy atom. The second-order valence-corrected chi connectivity index (χ2v) is 18.1. The number of aromatic nitrogens is 6. The predicted molar refractivity (Wildman–Crippen MR) is 262 cm³/mol. The molecule has 3 heterocycles. The third kappa shape index (κ3) is 9.93. The van der Waals surface area contributed by atoms with Crippen LogP contribution in [-0.4, -0.2) is 64.0 Å². The first-order valence-corrected chi connectivity index (χ1v) is 22.5. The normalized spacial score (nSPS) is 18.5. The largest absolute Gasteiger partial charge is 0.496 e. The van der Waals surface area contributed by atoms with E-state index in [4.69, 9.17) is 4.74 Å². The highest BCUT2D eigenvalue weighted by molar-refractivity contribution is 5.83. The molecule has 3 unspecified atom stereocenters. The third-order valence-corrected chi connectivity index (χ3v) is 12.9. The monoisotopic (exact) mass is 909 g/mol. The van der Waals surface area contributed by atoms with Gasteiger partial charge in [-0.25, -0.2) is 19.6 Å². The van der Waals surface area contributed by atoms with Crippen molar-refractivity contribution in [3.8, 4) is 5.75 Å². The van der Waals surface area contributed by atoms with E-state index < -0.39 is 33.6 Å². The minimum atomic E-state index is -0.722. The minimum Gasteiger partial charge on any atom is -0.496 e. The van der Waals surface area contributed by atoms with Gasteiger partial charge in [-0.3, -0.25) is 37.4 Å². The number of carbonyl (C=O) groups excluding carboxylic acids is 2. The standard InChI is InChI=1S/C51H59N9O7/c1-10-34(17-18-41(61)54-50(4)23-19-36(20-24-50)38-13-11-12-14-40(38)67-9)28-52-44-33(3)46(63)60(49(66)56(44)6)29-35-16-15-32(2)39(27-35)37-21-25-51(5,26-22-37)55-42(62)30-59-31-53-45-43(59)47(64)58(8)48(65)57(45)7/h11-16,19-23,25,27-28,31,34H,10,17-18,24,26,29-30H2,1-9H3,(H,54,61)(H,55,62). The van der Waals surface area contributed by atoms with Crippen LogP contribution in [0.4, 0.5) is 5.82 Å². The Kier molecular flexibility index (Phi) is 13.7. The molecule has 2 amide bonds. The van der Waals surface area contributed by atoms with Crippen molar-refractivity contribution < 1.29 is 14.3 Å². The van der Waals surface area contributed by atoms with Crippen LogP contribution in [0.15, 0.2) is 109 Å². The van der Waals surface area contributed by atoms with Gasteiger partial charge in [0.1, 0.15) is 18.1 Å². The highest BCUT2D eigenvalue weighted by atomic mass is 16.5. The van der Waals surface area contributed by atoms with E-state index in [1.165, 1.54) is 38.7 Å². The Balaban J connectivity index is 0.974. The van der Waals surface area contributed by atoms with Crippen molar-refractivity contribution in [2.45, 2.75) is 90.9 Å². The number of ether oxygens (including phenoxy) is 1. The number of rotatable bonds is 15. The third-order valence-electron chi connectivity index (χ3n) is 12.9. The van der Waals surface area contributed by atoms with Crippen molar-refractivity contribution in [2.75, 3.05) is 7.11 Å². The van der Waals surface area contributed by atoms with Crippen LogP contribution in [0.5, 0.6) is 5.75 Å². The van der Waals surface area contributed by atoms with Gasteiger partial charge in [0.05, 0.1) is 36.6 Å². The maximum Gasteiger partial charge on any atom is 0.332 e. The number of hydrogen-bond acceptors (Lipinski definition) is 9. The van der Waals surface area contributed by atoms with Crippen LogP contribution in [0, 0.1) is 19.8 Å². The van der Waals surface area contributed by atoms with E-state index in [9.17, 15) is 28.8 Å². The molecular formula is C51H59N9O7. The smallest absolute Gasteiger partial charge is 0.332 e. The Bertz CT molecular complexity index is 3160. The lowest BCUT2D eigenvalue weighted by Gasteiger charge is -2.30. The summed E-state index contributed by atoms with van der Waals surface area (Å²) in [6, 6.07) is 13.7. The molecule has 2 aromatic carbocycles. The van der Waals surface area contributed by atoms with Gasteiger partial charge in [-0.15, -0.1) is 0 Å². The van der Waals surface area contributed by atoms with Gasteiger partial charge in [0.2, 0.25) is 11.8 Å². The lowest BCUT2D eigenvalue weighted by atomic mass is 9.86. The predicted octanol–water partition coefficient (Wildman–Crippen LogP) is 5.31. The van der Waals surface area contributed by atoms with Crippen molar-refractivity contribution in [1.82, 2.24) is 38.5 Å². The molecule has 350 valence electrons. The molecule has 2 aliphatic carbocycles. The molecule has 5 aromatic rings. The zero-order chi connectivity index (χ0) is 48.4. The number of nitrogens with zero attached hydrogens (tertiary/aromatic N) is 7. The van der Waals surface area contributed by atoms with E-state index in [-0.39, 0.29) is 54.2 Å². The van der Waals surface area contributed by atoms with Crippen molar-refractivity contribution >= 4 is 46.2 Å². The number of methoxy groups -OCH3 is 1. The summed E-state index contributed by atoms with van der Waals surface area (Å²) in [7, 11) is 6.17. The molecule has 0 saturated carbocycles. The molecule has 2 aliphatic rings. The molecule has 16 nitrogen and oxygen atoms in total. The van der Waals surface area contributed by atoms with Crippen molar-refractivity contribution in [3.63, 3.8) is 0 Å². The molecule has 7 rings (SSSR count). The second-order valence-electron chi connectivity index (χ2n) is 18.1. The highest BCUT2D eigenvalue weighted by Gasteiger charge is 2.28. The fourth-order valence-electron chi connectivity index (χ4n) is 8.71. The summed E-state index contributed by atoms with van der Waals surface area (Å²) in [5.41, 5.74) is 3.15. The fraction of sp³-hybridized carbons (Fsp3) is 0.373. The maximum atomic E-state index is 13.8. The van der Waals surface area contributed by atoms with Crippen LogP contribution in [0.1, 0.15) is 80.7 Å². The second kappa shape index (κ2) is 19.2. The molecule has 67 heavy (non-hydrogen) atoms. The molecule has 0 bridgehead atoms. The summed E-state index contributed by atoms with van der Waals surface area (Å²) < 4.78 is 11.8. The summed E-state index contributed by atoms with van der Waals surface area (Å²) >= 11 is 0. The van der Waals surface area contributed by atoms with E-state index in [1.54, 1.807) is 27.3 Å². The van der Waals surface area contributed by atoms with Gasteiger partial charge in [0.25, 0.3) is 11.1 Å². The van der Waals surface area contributed by atoms with E-state index in [2.05, 4.69) is 26.7 Å². The number of para-hydroxylation sites is 1. The molecule has 0 fully saturated rings.